The summed E-state index contributed by atoms with van der Waals surface area (Å²) in [5, 5.41) is 10.1. The topological polar surface area (TPSA) is 55.5 Å². The lowest BCUT2D eigenvalue weighted by Gasteiger charge is -2.14. The number of allylic oxidation sites excluding steroid dienone is 1. The minimum absolute atomic E-state index is 0. The molecule has 0 amide bonds. The molecule has 3 nitrogen and oxygen atoms in total. The predicted octanol–water partition coefficient (Wildman–Crippen LogP) is 4.36. The molecule has 0 fully saturated rings. The van der Waals surface area contributed by atoms with Crippen molar-refractivity contribution in [2.45, 2.75) is 25.5 Å². The molecule has 2 rings (SSSR count). The van der Waals surface area contributed by atoms with Gasteiger partial charge in [0, 0.05) is 17.7 Å². The highest BCUT2D eigenvalue weighted by Gasteiger charge is 2.11. The van der Waals surface area contributed by atoms with E-state index >= 15 is 0 Å². The van der Waals surface area contributed by atoms with Gasteiger partial charge < -0.3 is 15.6 Å². The van der Waals surface area contributed by atoms with Crippen LogP contribution < -0.4 is 10.5 Å². The molecule has 0 aliphatic rings. The van der Waals surface area contributed by atoms with Crippen molar-refractivity contribution in [3.8, 4) is 11.5 Å². The van der Waals surface area contributed by atoms with Gasteiger partial charge in [-0.1, -0.05) is 42.5 Å². The van der Waals surface area contributed by atoms with Crippen LogP contribution >= 0.6 is 12.4 Å². The third kappa shape index (κ3) is 5.10. The number of benzene rings is 2. The van der Waals surface area contributed by atoms with Crippen molar-refractivity contribution in [1.82, 2.24) is 0 Å². The highest BCUT2D eigenvalue weighted by atomic mass is 35.5. The van der Waals surface area contributed by atoms with Crippen LogP contribution in [0.4, 0.5) is 0 Å². The zero-order chi connectivity index (χ0) is 15.1. The molecule has 0 saturated carbocycles. The molecule has 3 N–H and O–H groups in total. The van der Waals surface area contributed by atoms with Crippen LogP contribution in [0.5, 0.6) is 11.5 Å². The van der Waals surface area contributed by atoms with Crippen molar-refractivity contribution in [3.05, 3.63) is 72.3 Å². The van der Waals surface area contributed by atoms with Gasteiger partial charge in [0.2, 0.25) is 0 Å². The van der Waals surface area contributed by atoms with Crippen LogP contribution in [0.1, 0.15) is 30.0 Å². The van der Waals surface area contributed by atoms with Crippen LogP contribution in [0.15, 0.2) is 61.2 Å². The molecule has 118 valence electrons. The standard InChI is InChI=1S/C18H21NO2.ClH/c1-2-3-9-17(19)16-11-10-15(12-18(16)20)21-13-14-7-5-4-6-8-14;/h2,4-8,10-12,17,20H,1,3,9,13,19H2;1H/t17-;/m1./s1. The lowest BCUT2D eigenvalue weighted by atomic mass is 10.0. The van der Waals surface area contributed by atoms with E-state index in [0.717, 1.165) is 24.0 Å². The predicted molar refractivity (Wildman–Crippen MR) is 92.5 cm³/mol. The Morgan fingerprint density at radius 3 is 2.55 bits per heavy atom. The van der Waals surface area contributed by atoms with Crippen molar-refractivity contribution < 1.29 is 9.84 Å². The molecule has 0 aliphatic heterocycles. The first-order valence-corrected chi connectivity index (χ1v) is 7.07. The maximum absolute atomic E-state index is 10.1. The van der Waals surface area contributed by atoms with Crippen molar-refractivity contribution in [3.63, 3.8) is 0 Å². The zero-order valence-corrected chi connectivity index (χ0v) is 13.3. The molecule has 0 saturated heterocycles. The van der Waals surface area contributed by atoms with E-state index in [1.54, 1.807) is 6.07 Å². The lowest BCUT2D eigenvalue weighted by molar-refractivity contribution is 0.304. The van der Waals surface area contributed by atoms with E-state index in [0.29, 0.717) is 12.4 Å². The van der Waals surface area contributed by atoms with E-state index in [1.807, 2.05) is 48.5 Å². The summed E-state index contributed by atoms with van der Waals surface area (Å²) >= 11 is 0. The average molecular weight is 320 g/mol. The first kappa shape index (κ1) is 18.1. The summed E-state index contributed by atoms with van der Waals surface area (Å²) in [6, 6.07) is 15.0. The van der Waals surface area contributed by atoms with E-state index in [2.05, 4.69) is 6.58 Å². The summed E-state index contributed by atoms with van der Waals surface area (Å²) in [4.78, 5) is 0. The van der Waals surface area contributed by atoms with E-state index < -0.39 is 0 Å². The van der Waals surface area contributed by atoms with Crippen molar-refractivity contribution in [1.29, 1.82) is 0 Å². The maximum atomic E-state index is 10.1. The number of rotatable bonds is 7. The smallest absolute Gasteiger partial charge is 0.124 e. The number of hydrogen-bond donors (Lipinski definition) is 2. The van der Waals surface area contributed by atoms with Gasteiger partial charge in [-0.25, -0.2) is 0 Å². The Hall–Kier alpha value is -1.97. The molecule has 1 atom stereocenters. The Labute approximate surface area is 137 Å². The fourth-order valence-electron chi connectivity index (χ4n) is 2.12. The first-order chi connectivity index (χ1) is 10.2. The molecule has 2 aromatic rings. The molecule has 4 heteroatoms. The molecule has 0 aliphatic carbocycles. The molecular weight excluding hydrogens is 298 g/mol. The van der Waals surface area contributed by atoms with Gasteiger partial charge in [-0.2, -0.15) is 0 Å². The van der Waals surface area contributed by atoms with E-state index in [1.165, 1.54) is 0 Å². The summed E-state index contributed by atoms with van der Waals surface area (Å²) in [7, 11) is 0. The SMILES string of the molecule is C=CCC[C@@H](N)c1ccc(OCc2ccccc2)cc1O.Cl. The second-order valence-corrected chi connectivity index (χ2v) is 4.97. The van der Waals surface area contributed by atoms with Crippen LogP contribution in [-0.2, 0) is 6.61 Å². The number of hydrogen-bond acceptors (Lipinski definition) is 3. The molecule has 22 heavy (non-hydrogen) atoms. The molecule has 0 bridgehead atoms. The third-order valence-electron chi connectivity index (χ3n) is 3.33. The molecule has 0 unspecified atom stereocenters. The number of phenols is 1. The fourth-order valence-corrected chi connectivity index (χ4v) is 2.12. The molecular formula is C18H22ClNO2. The monoisotopic (exact) mass is 319 g/mol. The van der Waals surface area contributed by atoms with Gasteiger partial charge in [0.05, 0.1) is 0 Å². The van der Waals surface area contributed by atoms with E-state index in [-0.39, 0.29) is 24.2 Å². The van der Waals surface area contributed by atoms with Crippen molar-refractivity contribution in [2.75, 3.05) is 0 Å². The van der Waals surface area contributed by atoms with Gasteiger partial charge in [-0.05, 0) is 24.5 Å². The summed E-state index contributed by atoms with van der Waals surface area (Å²) in [6.45, 7) is 4.15. The van der Waals surface area contributed by atoms with Gasteiger partial charge in [-0.3, -0.25) is 0 Å². The first-order valence-electron chi connectivity index (χ1n) is 7.07. The van der Waals surface area contributed by atoms with Gasteiger partial charge in [0.25, 0.3) is 0 Å². The second kappa shape index (κ2) is 9.13. The summed E-state index contributed by atoms with van der Waals surface area (Å²) in [5.74, 6) is 0.813. The van der Waals surface area contributed by atoms with Crippen molar-refractivity contribution in [2.24, 2.45) is 5.73 Å². The molecule has 2 aromatic carbocycles. The van der Waals surface area contributed by atoms with Gasteiger partial charge in [-0.15, -0.1) is 19.0 Å². The van der Waals surface area contributed by atoms with E-state index in [4.69, 9.17) is 10.5 Å². The Morgan fingerprint density at radius 1 is 1.18 bits per heavy atom. The van der Waals surface area contributed by atoms with Crippen LogP contribution in [0.3, 0.4) is 0 Å². The normalized spacial score (nSPS) is 11.3. The van der Waals surface area contributed by atoms with Gasteiger partial charge in [0.1, 0.15) is 18.1 Å². The molecule has 0 aromatic heterocycles. The van der Waals surface area contributed by atoms with Gasteiger partial charge in [0.15, 0.2) is 0 Å². The number of phenolic OH excluding ortho intramolecular Hbond substituents is 1. The summed E-state index contributed by atoms with van der Waals surface area (Å²) < 4.78 is 5.67. The largest absolute Gasteiger partial charge is 0.507 e. The maximum Gasteiger partial charge on any atom is 0.124 e. The third-order valence-corrected chi connectivity index (χ3v) is 3.33. The van der Waals surface area contributed by atoms with Crippen LogP contribution in [-0.4, -0.2) is 5.11 Å². The zero-order valence-electron chi connectivity index (χ0n) is 12.4. The molecule has 0 spiro atoms. The Bertz CT molecular complexity index is 587. The molecule has 0 heterocycles. The number of ether oxygens (including phenoxy) is 1. The fraction of sp³-hybridized carbons (Fsp3) is 0.222. The van der Waals surface area contributed by atoms with Crippen LogP contribution in [0, 0.1) is 0 Å². The van der Waals surface area contributed by atoms with E-state index in [9.17, 15) is 5.11 Å². The van der Waals surface area contributed by atoms with Crippen LogP contribution in [0.2, 0.25) is 0 Å². The minimum Gasteiger partial charge on any atom is -0.507 e. The number of halogens is 1. The number of nitrogens with two attached hydrogens (primary N) is 1. The second-order valence-electron chi connectivity index (χ2n) is 4.97. The number of aromatic hydroxyl groups is 1. The Balaban J connectivity index is 0.00000242. The van der Waals surface area contributed by atoms with Crippen molar-refractivity contribution >= 4 is 12.4 Å². The summed E-state index contributed by atoms with van der Waals surface area (Å²) in [5.41, 5.74) is 7.87. The highest BCUT2D eigenvalue weighted by Crippen LogP contribution is 2.29. The average Bonchev–Trinajstić information content (AvgIpc) is 2.51. The van der Waals surface area contributed by atoms with Crippen LogP contribution in [0.25, 0.3) is 0 Å². The highest BCUT2D eigenvalue weighted by molar-refractivity contribution is 5.85. The molecule has 0 radical (unpaired) electrons. The Morgan fingerprint density at radius 2 is 1.91 bits per heavy atom. The lowest BCUT2D eigenvalue weighted by Crippen LogP contribution is -2.10. The Kier molecular flexibility index (Phi) is 7.50. The summed E-state index contributed by atoms with van der Waals surface area (Å²) in [6.07, 6.45) is 3.42. The van der Waals surface area contributed by atoms with Gasteiger partial charge >= 0.3 is 0 Å². The minimum atomic E-state index is -0.189. The quantitative estimate of drug-likeness (QED) is 0.745.